The van der Waals surface area contributed by atoms with Crippen LogP contribution in [0.4, 0.5) is 0 Å². The van der Waals surface area contributed by atoms with Crippen molar-refractivity contribution in [2.24, 2.45) is 7.05 Å². The molecule has 1 aromatic carbocycles. The number of benzene rings is 1. The van der Waals surface area contributed by atoms with Gasteiger partial charge in [0.1, 0.15) is 5.75 Å². The molecule has 2 heterocycles. The van der Waals surface area contributed by atoms with Crippen LogP contribution in [0.15, 0.2) is 12.1 Å². The fourth-order valence-electron chi connectivity index (χ4n) is 3.37. The largest absolute Gasteiger partial charge is 0.493 e. The quantitative estimate of drug-likeness (QED) is 0.941. The number of aryl methyl sites for hydroxylation is 3. The average Bonchev–Trinajstić information content (AvgIpc) is 3.30. The Morgan fingerprint density at radius 1 is 1.29 bits per heavy atom. The molecule has 1 aliphatic carbocycles. The van der Waals surface area contributed by atoms with E-state index in [9.17, 15) is 4.79 Å². The van der Waals surface area contributed by atoms with E-state index in [4.69, 9.17) is 4.74 Å². The van der Waals surface area contributed by atoms with Gasteiger partial charge in [-0.2, -0.15) is 5.10 Å². The molecule has 1 amide bonds. The van der Waals surface area contributed by atoms with Gasteiger partial charge in [0.2, 0.25) is 5.82 Å². The van der Waals surface area contributed by atoms with E-state index in [1.54, 1.807) is 11.7 Å². The molecule has 0 radical (unpaired) electrons. The average molecular weight is 326 g/mol. The molecule has 1 saturated carbocycles. The number of carbonyl (C=O) groups excluding carboxylic acids is 1. The molecule has 24 heavy (non-hydrogen) atoms. The summed E-state index contributed by atoms with van der Waals surface area (Å²) in [4.78, 5) is 17.1. The first kappa shape index (κ1) is 15.2. The summed E-state index contributed by atoms with van der Waals surface area (Å²) in [5.41, 5.74) is 3.33. The molecule has 0 saturated heterocycles. The van der Waals surface area contributed by atoms with Gasteiger partial charge in [0, 0.05) is 24.9 Å². The van der Waals surface area contributed by atoms with E-state index in [0.717, 1.165) is 42.0 Å². The van der Waals surface area contributed by atoms with Gasteiger partial charge in [0.15, 0.2) is 5.82 Å². The fraction of sp³-hybridized carbons (Fsp3) is 0.500. The van der Waals surface area contributed by atoms with Gasteiger partial charge >= 0.3 is 0 Å². The second-order valence-electron chi connectivity index (χ2n) is 6.85. The first-order valence-corrected chi connectivity index (χ1v) is 8.48. The Hall–Kier alpha value is -2.37. The number of amides is 1. The Morgan fingerprint density at radius 3 is 2.83 bits per heavy atom. The molecule has 1 atom stereocenters. The molecule has 1 aromatic heterocycles. The summed E-state index contributed by atoms with van der Waals surface area (Å²) >= 11 is 0. The first-order chi connectivity index (χ1) is 11.5. The molecule has 0 spiro atoms. The lowest BCUT2D eigenvalue weighted by Crippen LogP contribution is -2.34. The van der Waals surface area contributed by atoms with Crippen molar-refractivity contribution in [2.45, 2.75) is 45.1 Å². The van der Waals surface area contributed by atoms with E-state index in [2.05, 4.69) is 34.5 Å². The van der Waals surface area contributed by atoms with Crippen LogP contribution >= 0.6 is 0 Å². The van der Waals surface area contributed by atoms with Crippen LogP contribution in [0.5, 0.6) is 5.75 Å². The third-order valence-electron chi connectivity index (χ3n) is 4.71. The Labute approximate surface area is 141 Å². The van der Waals surface area contributed by atoms with Crippen LogP contribution in [0.3, 0.4) is 0 Å². The van der Waals surface area contributed by atoms with E-state index in [1.165, 1.54) is 5.56 Å². The molecule has 126 valence electrons. The summed E-state index contributed by atoms with van der Waals surface area (Å²) < 4.78 is 7.40. The number of carbonyl (C=O) groups is 1. The second-order valence-corrected chi connectivity index (χ2v) is 6.85. The Balaban J connectivity index is 1.59. The van der Waals surface area contributed by atoms with Crippen LogP contribution in [0.1, 0.15) is 64.4 Å². The van der Waals surface area contributed by atoms with Crippen molar-refractivity contribution in [3.8, 4) is 5.75 Å². The number of rotatable bonds is 3. The minimum Gasteiger partial charge on any atom is -0.493 e. The van der Waals surface area contributed by atoms with Crippen LogP contribution < -0.4 is 10.1 Å². The molecule has 1 aliphatic heterocycles. The van der Waals surface area contributed by atoms with Gasteiger partial charge in [-0.25, -0.2) is 9.67 Å². The number of nitrogens with one attached hydrogen (secondary N) is 1. The van der Waals surface area contributed by atoms with E-state index in [-0.39, 0.29) is 11.9 Å². The molecule has 2 aliphatic rings. The number of hydrogen-bond acceptors (Lipinski definition) is 4. The molecule has 1 unspecified atom stereocenters. The first-order valence-electron chi connectivity index (χ1n) is 8.48. The van der Waals surface area contributed by atoms with Crippen LogP contribution in [0.25, 0.3) is 0 Å². The Bertz CT molecular complexity index is 808. The zero-order valence-electron chi connectivity index (χ0n) is 14.3. The summed E-state index contributed by atoms with van der Waals surface area (Å²) in [7, 11) is 1.78. The highest BCUT2D eigenvalue weighted by Crippen LogP contribution is 2.38. The van der Waals surface area contributed by atoms with E-state index < -0.39 is 0 Å². The van der Waals surface area contributed by atoms with Crippen molar-refractivity contribution in [2.75, 3.05) is 6.61 Å². The Kier molecular flexibility index (Phi) is 3.55. The second kappa shape index (κ2) is 5.61. The molecular formula is C18H22N4O2. The van der Waals surface area contributed by atoms with Crippen molar-refractivity contribution in [1.82, 2.24) is 20.1 Å². The van der Waals surface area contributed by atoms with Gasteiger partial charge in [0.25, 0.3) is 5.91 Å². The lowest BCUT2D eigenvalue weighted by Gasteiger charge is -2.28. The third kappa shape index (κ3) is 2.66. The molecule has 1 N–H and O–H groups in total. The zero-order chi connectivity index (χ0) is 16.8. The lowest BCUT2D eigenvalue weighted by atomic mass is 9.95. The molecule has 6 nitrogen and oxygen atoms in total. The van der Waals surface area contributed by atoms with Crippen LogP contribution in [-0.4, -0.2) is 27.3 Å². The van der Waals surface area contributed by atoms with Crippen molar-refractivity contribution in [3.63, 3.8) is 0 Å². The number of nitrogens with zero attached hydrogens (tertiary/aromatic N) is 3. The molecule has 6 heteroatoms. The van der Waals surface area contributed by atoms with Crippen molar-refractivity contribution >= 4 is 5.91 Å². The summed E-state index contributed by atoms with van der Waals surface area (Å²) in [5, 5.41) is 7.50. The molecule has 4 rings (SSSR count). The van der Waals surface area contributed by atoms with Crippen LogP contribution in [0.2, 0.25) is 0 Å². The maximum atomic E-state index is 12.7. The highest BCUT2D eigenvalue weighted by Gasteiger charge is 2.31. The summed E-state index contributed by atoms with van der Waals surface area (Å²) in [6.45, 7) is 4.71. The maximum absolute atomic E-state index is 12.7. The summed E-state index contributed by atoms with van der Waals surface area (Å²) in [6.07, 6.45) is 3.00. The molecule has 2 aromatic rings. The predicted octanol–water partition coefficient (Wildman–Crippen LogP) is 2.56. The highest BCUT2D eigenvalue weighted by atomic mass is 16.5. The minimum atomic E-state index is -0.172. The number of aromatic nitrogens is 3. The molecule has 1 fully saturated rings. The normalized spacial score (nSPS) is 19.5. The van der Waals surface area contributed by atoms with Crippen molar-refractivity contribution < 1.29 is 9.53 Å². The maximum Gasteiger partial charge on any atom is 0.289 e. The summed E-state index contributed by atoms with van der Waals surface area (Å²) in [6, 6.07) is 4.15. The van der Waals surface area contributed by atoms with Crippen molar-refractivity contribution in [3.05, 3.63) is 40.5 Å². The number of hydrogen-bond donors (Lipinski definition) is 1. The number of fused-ring (bicyclic) bond motifs is 1. The van der Waals surface area contributed by atoms with E-state index >= 15 is 0 Å². The minimum absolute atomic E-state index is 0.0547. The standard InChI is InChI=1S/C18H22N4O2/c1-10-8-11(2)15-13(9-10)14(6-7-24-15)19-18(23)17-20-16(12-4-5-12)21-22(17)3/h8-9,12,14H,4-7H2,1-3H3,(H,19,23). The van der Waals surface area contributed by atoms with Gasteiger partial charge in [-0.3, -0.25) is 4.79 Å². The van der Waals surface area contributed by atoms with Gasteiger partial charge in [-0.05, 0) is 32.3 Å². The predicted molar refractivity (Wildman–Crippen MR) is 89.2 cm³/mol. The van der Waals surface area contributed by atoms with Gasteiger partial charge in [-0.15, -0.1) is 0 Å². The third-order valence-corrected chi connectivity index (χ3v) is 4.71. The topological polar surface area (TPSA) is 69.0 Å². The van der Waals surface area contributed by atoms with Gasteiger partial charge in [-0.1, -0.05) is 17.7 Å². The van der Waals surface area contributed by atoms with Crippen molar-refractivity contribution in [1.29, 1.82) is 0 Å². The van der Waals surface area contributed by atoms with Gasteiger partial charge in [0.05, 0.1) is 12.6 Å². The smallest absolute Gasteiger partial charge is 0.289 e. The van der Waals surface area contributed by atoms with Crippen LogP contribution in [0, 0.1) is 13.8 Å². The monoisotopic (exact) mass is 326 g/mol. The lowest BCUT2D eigenvalue weighted by molar-refractivity contribution is 0.0909. The zero-order valence-corrected chi connectivity index (χ0v) is 14.3. The number of ether oxygens (including phenoxy) is 1. The SMILES string of the molecule is Cc1cc(C)c2c(c1)C(NC(=O)c1nc(C3CC3)nn1C)CCO2. The van der Waals surface area contributed by atoms with E-state index in [1.807, 2.05) is 6.92 Å². The molecular weight excluding hydrogens is 304 g/mol. The summed E-state index contributed by atoms with van der Waals surface area (Å²) in [5.74, 6) is 2.34. The van der Waals surface area contributed by atoms with Gasteiger partial charge < -0.3 is 10.1 Å². The van der Waals surface area contributed by atoms with Crippen LogP contribution in [-0.2, 0) is 7.05 Å². The van der Waals surface area contributed by atoms with E-state index in [0.29, 0.717) is 18.3 Å². The molecule has 0 bridgehead atoms. The highest BCUT2D eigenvalue weighted by molar-refractivity contribution is 5.91. The Morgan fingerprint density at radius 2 is 2.08 bits per heavy atom. The fourth-order valence-corrected chi connectivity index (χ4v) is 3.37.